The Bertz CT molecular complexity index is 1580. The number of para-hydroxylation sites is 1. The summed E-state index contributed by atoms with van der Waals surface area (Å²) < 4.78 is 19.1. The summed E-state index contributed by atoms with van der Waals surface area (Å²) in [7, 11) is 6.19. The molecule has 0 aliphatic carbocycles. The van der Waals surface area contributed by atoms with E-state index in [1.807, 2.05) is 54.6 Å². The van der Waals surface area contributed by atoms with Crippen LogP contribution in [0.3, 0.4) is 0 Å². The average Bonchev–Trinajstić information content (AvgIpc) is 3.10. The third-order valence-corrected chi connectivity index (χ3v) is 9.55. The van der Waals surface area contributed by atoms with Gasteiger partial charge in [0.15, 0.2) is 0 Å². The summed E-state index contributed by atoms with van der Waals surface area (Å²) in [5.74, 6) is -0.0504. The van der Waals surface area contributed by atoms with E-state index in [0.29, 0.717) is 5.56 Å². The second-order valence-electron chi connectivity index (χ2n) is 12.9. The zero-order chi connectivity index (χ0) is 34.4. The molecule has 0 aromatic heterocycles. The van der Waals surface area contributed by atoms with E-state index in [9.17, 15) is 29.9 Å². The van der Waals surface area contributed by atoms with Crippen molar-refractivity contribution >= 4 is 5.69 Å². The van der Waals surface area contributed by atoms with Crippen LogP contribution in [0.4, 0.5) is 10.1 Å². The number of phenols is 1. The van der Waals surface area contributed by atoms with Gasteiger partial charge < -0.3 is 40.1 Å². The first-order valence-electron chi connectivity index (χ1n) is 16.5. The van der Waals surface area contributed by atoms with Crippen LogP contribution in [-0.2, 0) is 11.2 Å². The number of hydrogen-bond donors (Lipinski definition) is 5. The lowest BCUT2D eigenvalue weighted by Gasteiger charge is -2.40. The highest BCUT2D eigenvalue weighted by molar-refractivity contribution is 5.67. The Morgan fingerprint density at radius 1 is 0.771 bits per heavy atom. The Balaban J connectivity index is 1.38. The highest BCUT2D eigenvalue weighted by atomic mass is 19.1. The molecule has 7 unspecified atom stereocenters. The van der Waals surface area contributed by atoms with Crippen LogP contribution < -0.4 is 4.90 Å². The van der Waals surface area contributed by atoms with Gasteiger partial charge in [0.25, 0.3) is 0 Å². The van der Waals surface area contributed by atoms with Crippen molar-refractivity contribution in [2.45, 2.75) is 68.3 Å². The lowest BCUT2D eigenvalue weighted by molar-refractivity contribution is -0.231. The van der Waals surface area contributed by atoms with Gasteiger partial charge in [-0.15, -0.1) is 0 Å². The quantitative estimate of drug-likeness (QED) is 0.124. The minimum absolute atomic E-state index is 0.0676. The molecule has 1 aliphatic heterocycles. The number of aliphatic hydroxyl groups is 4. The van der Waals surface area contributed by atoms with E-state index in [4.69, 9.17) is 4.74 Å². The van der Waals surface area contributed by atoms with E-state index in [0.717, 1.165) is 53.6 Å². The first-order valence-corrected chi connectivity index (χ1v) is 16.5. The van der Waals surface area contributed by atoms with Crippen LogP contribution >= 0.6 is 0 Å². The molecule has 0 amide bonds. The molecule has 5 N–H and O–H groups in total. The number of rotatable bonds is 13. The Hall–Kier alpha value is -3.83. The number of nitrogens with zero attached hydrogens (tertiary/aromatic N) is 2. The van der Waals surface area contributed by atoms with E-state index in [1.54, 1.807) is 18.2 Å². The molecule has 1 saturated heterocycles. The summed E-state index contributed by atoms with van der Waals surface area (Å²) in [4.78, 5) is 4.43. The maximum Gasteiger partial charge on any atom is 0.123 e. The molecule has 8 nitrogen and oxygen atoms in total. The third-order valence-electron chi connectivity index (χ3n) is 9.55. The number of aliphatic hydroxyl groups excluding tert-OH is 4. The molecule has 0 bridgehead atoms. The Morgan fingerprint density at radius 2 is 1.44 bits per heavy atom. The fourth-order valence-electron chi connectivity index (χ4n) is 6.75. The molecule has 1 fully saturated rings. The highest BCUT2D eigenvalue weighted by Gasteiger charge is 2.44. The van der Waals surface area contributed by atoms with E-state index >= 15 is 0 Å². The van der Waals surface area contributed by atoms with Gasteiger partial charge in [-0.2, -0.15) is 0 Å². The summed E-state index contributed by atoms with van der Waals surface area (Å²) in [5, 5.41) is 52.1. The van der Waals surface area contributed by atoms with Gasteiger partial charge in [0.1, 0.15) is 42.1 Å². The van der Waals surface area contributed by atoms with Gasteiger partial charge >= 0.3 is 0 Å². The molecule has 1 aliphatic rings. The number of benzene rings is 4. The first-order chi connectivity index (χ1) is 23.1. The number of ether oxygens (including phenoxy) is 1. The van der Waals surface area contributed by atoms with Crippen molar-refractivity contribution in [2.75, 3.05) is 32.6 Å². The lowest BCUT2D eigenvalue weighted by atomic mass is 9.89. The van der Waals surface area contributed by atoms with Crippen molar-refractivity contribution < 1.29 is 34.7 Å². The predicted octanol–water partition coefficient (Wildman–Crippen LogP) is 5.23. The lowest BCUT2D eigenvalue weighted by Crippen LogP contribution is -2.55. The molecule has 7 atom stereocenters. The number of hydrogen-bond acceptors (Lipinski definition) is 8. The second kappa shape index (κ2) is 16.0. The van der Waals surface area contributed by atoms with Crippen LogP contribution in [0.1, 0.15) is 48.1 Å². The topological polar surface area (TPSA) is 117 Å². The zero-order valence-electron chi connectivity index (χ0n) is 27.7. The normalized spacial score (nSPS) is 22.4. The zero-order valence-corrected chi connectivity index (χ0v) is 27.7. The molecule has 48 heavy (non-hydrogen) atoms. The molecule has 1 heterocycles. The molecule has 5 rings (SSSR count). The van der Waals surface area contributed by atoms with Crippen LogP contribution in [0.2, 0.25) is 0 Å². The summed E-state index contributed by atoms with van der Waals surface area (Å²) >= 11 is 0. The third kappa shape index (κ3) is 8.06. The fraction of sp³-hybridized carbons (Fsp3) is 0.385. The monoisotopic (exact) mass is 658 g/mol. The van der Waals surface area contributed by atoms with Crippen molar-refractivity contribution in [3.63, 3.8) is 0 Å². The second-order valence-corrected chi connectivity index (χ2v) is 12.9. The van der Waals surface area contributed by atoms with Crippen LogP contribution in [0.25, 0.3) is 11.1 Å². The largest absolute Gasteiger partial charge is 0.508 e. The van der Waals surface area contributed by atoms with Gasteiger partial charge in [-0.1, -0.05) is 73.2 Å². The number of halogens is 1. The molecule has 9 heteroatoms. The highest BCUT2D eigenvalue weighted by Crippen LogP contribution is 2.39. The van der Waals surface area contributed by atoms with Crippen molar-refractivity contribution in [3.8, 4) is 16.9 Å². The van der Waals surface area contributed by atoms with Gasteiger partial charge in [0.05, 0.1) is 12.6 Å². The number of aryl methyl sites for hydroxylation is 1. The van der Waals surface area contributed by atoms with Crippen LogP contribution in [-0.4, -0.2) is 88.6 Å². The van der Waals surface area contributed by atoms with Crippen LogP contribution in [0.15, 0.2) is 97.1 Å². The number of anilines is 1. The molecular formula is C39H47FN2O6. The van der Waals surface area contributed by atoms with Gasteiger partial charge in [-0.25, -0.2) is 4.39 Å². The number of aromatic hydroxyl groups is 1. The van der Waals surface area contributed by atoms with Gasteiger partial charge in [0, 0.05) is 24.3 Å². The molecule has 0 radical (unpaired) electrons. The number of unbranched alkanes of at least 4 members (excludes halogenated alkanes) is 1. The Kier molecular flexibility index (Phi) is 11.9. The standard InChI is InChI=1S/C39H47FN2O6/c1-41(2)32(12-8-7-9-25-13-20-29(40)21-14-25)35(42(3)30-10-5-4-6-11-30)31-22-19-28(23-33(31)44)26-15-17-27(18-16-26)39-38(47)37(46)36(45)34(24-43)48-39/h4-6,10-11,13-23,32,34-39,43-47H,7-9,12,24H2,1-3H3. The van der Waals surface area contributed by atoms with Crippen LogP contribution in [0, 0.1) is 5.82 Å². The van der Waals surface area contributed by atoms with Crippen LogP contribution in [0.5, 0.6) is 5.75 Å². The minimum atomic E-state index is -1.45. The summed E-state index contributed by atoms with van der Waals surface area (Å²) in [6.07, 6.45) is -2.46. The predicted molar refractivity (Wildman–Crippen MR) is 185 cm³/mol. The van der Waals surface area contributed by atoms with Crippen molar-refractivity contribution in [1.29, 1.82) is 0 Å². The number of phenolic OH excluding ortho intramolecular Hbond substituents is 1. The fourth-order valence-corrected chi connectivity index (χ4v) is 6.75. The molecule has 0 saturated carbocycles. The van der Waals surface area contributed by atoms with Crippen molar-refractivity contribution in [3.05, 3.63) is 120 Å². The molecule has 4 aromatic carbocycles. The molecule has 256 valence electrons. The summed E-state index contributed by atoms with van der Waals surface area (Å²) in [6.45, 7) is -0.490. The molecular weight excluding hydrogens is 611 g/mol. The SMILES string of the molecule is CN(C)C(CCCCc1ccc(F)cc1)C(c1ccc(-c2ccc(C3OC(CO)C(O)C(O)C3O)cc2)cc1O)N(C)c1ccccc1. The maximum absolute atomic E-state index is 13.4. The van der Waals surface area contributed by atoms with E-state index in [-0.39, 0.29) is 23.7 Å². The molecule has 4 aromatic rings. The minimum Gasteiger partial charge on any atom is -0.508 e. The molecule has 0 spiro atoms. The Morgan fingerprint density at radius 3 is 2.06 bits per heavy atom. The van der Waals surface area contributed by atoms with Gasteiger partial charge in [0.2, 0.25) is 0 Å². The summed E-state index contributed by atoms with van der Waals surface area (Å²) in [5.41, 5.74) is 5.19. The number of likely N-dealkylation sites (N-methyl/N-ethyl adjacent to an activating group) is 2. The average molecular weight is 659 g/mol. The smallest absolute Gasteiger partial charge is 0.123 e. The van der Waals surface area contributed by atoms with Crippen molar-refractivity contribution in [2.24, 2.45) is 0 Å². The van der Waals surface area contributed by atoms with E-state index in [2.05, 4.69) is 43.1 Å². The van der Waals surface area contributed by atoms with Gasteiger partial charge in [-0.3, -0.25) is 0 Å². The van der Waals surface area contributed by atoms with E-state index < -0.39 is 37.1 Å². The maximum atomic E-state index is 13.4. The van der Waals surface area contributed by atoms with Crippen molar-refractivity contribution in [1.82, 2.24) is 4.90 Å². The first kappa shape index (κ1) is 35.5. The summed E-state index contributed by atoms with van der Waals surface area (Å²) in [6, 6.07) is 29.7. The Labute approximate surface area is 282 Å². The van der Waals surface area contributed by atoms with E-state index in [1.165, 1.54) is 12.1 Å². The van der Waals surface area contributed by atoms with Gasteiger partial charge in [-0.05, 0) is 85.9 Å².